The summed E-state index contributed by atoms with van der Waals surface area (Å²) < 4.78 is 2.40. The molecule has 5 aromatic carbocycles. The molecule has 6 heteroatoms. The lowest BCUT2D eigenvalue weighted by Crippen LogP contribution is -2.20. The highest BCUT2D eigenvalue weighted by Gasteiger charge is 2.22. The summed E-state index contributed by atoms with van der Waals surface area (Å²) in [5.41, 5.74) is 13.7. The number of nitrogens with zero attached hydrogens (tertiary/aromatic N) is 6. The van der Waals surface area contributed by atoms with Gasteiger partial charge in [-0.2, -0.15) is 0 Å². The fourth-order valence-electron chi connectivity index (χ4n) is 7.81. The van der Waals surface area contributed by atoms with E-state index in [4.69, 9.17) is 9.97 Å². The minimum atomic E-state index is 0.606. The van der Waals surface area contributed by atoms with Crippen LogP contribution < -0.4 is 4.90 Å². The van der Waals surface area contributed by atoms with Crippen molar-refractivity contribution in [2.45, 2.75) is 0 Å². The van der Waals surface area contributed by atoms with Gasteiger partial charge in [0.25, 0.3) is 0 Å². The van der Waals surface area contributed by atoms with Crippen LogP contribution in [0.15, 0.2) is 201 Å². The number of hydrogen-bond donors (Lipinski definition) is 0. The van der Waals surface area contributed by atoms with Crippen molar-refractivity contribution in [3.8, 4) is 51.0 Å². The van der Waals surface area contributed by atoms with E-state index in [1.54, 1.807) is 12.4 Å². The van der Waals surface area contributed by atoms with Gasteiger partial charge >= 0.3 is 0 Å². The van der Waals surface area contributed by atoms with Gasteiger partial charge in [0.15, 0.2) is 5.82 Å². The van der Waals surface area contributed by atoms with Crippen molar-refractivity contribution >= 4 is 38.8 Å². The molecule has 0 N–H and O–H groups in total. The molecule has 0 unspecified atom stereocenters. The van der Waals surface area contributed by atoms with Gasteiger partial charge in [-0.25, -0.2) is 9.97 Å². The molecule has 0 saturated carbocycles. The Morgan fingerprint density at radius 2 is 1.09 bits per heavy atom. The van der Waals surface area contributed by atoms with Crippen LogP contribution in [0.1, 0.15) is 5.56 Å². The summed E-state index contributed by atoms with van der Waals surface area (Å²) in [5.74, 6) is 0.606. The van der Waals surface area contributed by atoms with Gasteiger partial charge in [0.1, 0.15) is 0 Å². The molecule has 0 radical (unpaired) electrons. The topological polar surface area (TPSA) is 59.7 Å². The van der Waals surface area contributed by atoms with E-state index in [1.807, 2.05) is 42.5 Å². The van der Waals surface area contributed by atoms with Crippen molar-refractivity contribution < 1.29 is 0 Å². The van der Waals surface area contributed by atoms with E-state index >= 15 is 0 Å². The number of para-hydroxylation sites is 4. The summed E-state index contributed by atoms with van der Waals surface area (Å²) >= 11 is 0. The highest BCUT2D eigenvalue weighted by atomic mass is 15.2. The molecule has 0 amide bonds. The standard InChI is InChI=1S/C51H36N6/c1-35-16-3-2-14-31-56(49-25-8-9-26-50(49)57-47-23-6-4-19-39(47)40-20-5-7-24-48(40)57)46-28-27-37(33-41(35)46)36-17-15-18-38(32-36)51-54-44(42-21-10-12-29-52-42)34-45(55-51)43-22-11-13-30-53-43/h2-30,32-34H,1,31H2/b14-2-,16-3-. The normalized spacial score (nSPS) is 13.8. The summed E-state index contributed by atoms with van der Waals surface area (Å²) in [7, 11) is 0. The summed E-state index contributed by atoms with van der Waals surface area (Å²) in [5, 5.41) is 2.47. The first-order valence-electron chi connectivity index (χ1n) is 19.0. The van der Waals surface area contributed by atoms with Gasteiger partial charge in [0.05, 0.1) is 45.2 Å². The Balaban J connectivity index is 1.09. The molecule has 4 aromatic heterocycles. The molecule has 6 nitrogen and oxygen atoms in total. The van der Waals surface area contributed by atoms with Crippen LogP contribution in [-0.4, -0.2) is 31.0 Å². The second kappa shape index (κ2) is 14.5. The molecule has 0 bridgehead atoms. The zero-order valence-electron chi connectivity index (χ0n) is 31.1. The molecule has 1 aliphatic heterocycles. The largest absolute Gasteiger partial charge is 0.335 e. The smallest absolute Gasteiger partial charge is 0.160 e. The summed E-state index contributed by atoms with van der Waals surface area (Å²) in [6, 6.07) is 54.8. The molecule has 0 spiro atoms. The minimum Gasteiger partial charge on any atom is -0.335 e. The van der Waals surface area contributed by atoms with Gasteiger partial charge in [0.2, 0.25) is 0 Å². The highest BCUT2D eigenvalue weighted by molar-refractivity contribution is 6.09. The third kappa shape index (κ3) is 6.29. The average Bonchev–Trinajstić information content (AvgIpc) is 3.65. The molecule has 0 aliphatic carbocycles. The molecule has 57 heavy (non-hydrogen) atoms. The Morgan fingerprint density at radius 3 is 1.77 bits per heavy atom. The van der Waals surface area contributed by atoms with Crippen LogP contribution in [0, 0.1) is 0 Å². The zero-order valence-corrected chi connectivity index (χ0v) is 31.1. The van der Waals surface area contributed by atoms with Crippen LogP contribution in [0.3, 0.4) is 0 Å². The molecule has 9 aromatic rings. The third-order valence-corrected chi connectivity index (χ3v) is 10.5. The molecule has 0 saturated heterocycles. The summed E-state index contributed by atoms with van der Waals surface area (Å²) in [6.07, 6.45) is 12.0. The monoisotopic (exact) mass is 732 g/mol. The minimum absolute atomic E-state index is 0.606. The predicted molar refractivity (Wildman–Crippen MR) is 234 cm³/mol. The quantitative estimate of drug-likeness (QED) is 0.170. The second-order valence-corrected chi connectivity index (χ2v) is 14.0. The Bertz CT molecular complexity index is 2900. The van der Waals surface area contributed by atoms with Crippen LogP contribution in [-0.2, 0) is 0 Å². The second-order valence-electron chi connectivity index (χ2n) is 14.0. The van der Waals surface area contributed by atoms with Crippen molar-refractivity contribution in [2.75, 3.05) is 11.4 Å². The molecule has 0 fully saturated rings. The Kier molecular flexibility index (Phi) is 8.61. The lowest BCUT2D eigenvalue weighted by molar-refractivity contribution is 1.06. The lowest BCUT2D eigenvalue weighted by atomic mass is 9.96. The maximum absolute atomic E-state index is 5.02. The van der Waals surface area contributed by atoms with Crippen LogP contribution in [0.2, 0.25) is 0 Å². The molecule has 1 aliphatic rings. The van der Waals surface area contributed by atoms with E-state index in [-0.39, 0.29) is 0 Å². The molecule has 10 rings (SSSR count). The van der Waals surface area contributed by atoms with E-state index in [9.17, 15) is 0 Å². The van der Waals surface area contributed by atoms with Gasteiger partial charge in [-0.05, 0) is 89.5 Å². The number of anilines is 2. The van der Waals surface area contributed by atoms with Crippen molar-refractivity contribution in [1.29, 1.82) is 0 Å². The number of pyridine rings is 2. The van der Waals surface area contributed by atoms with Crippen molar-refractivity contribution in [2.24, 2.45) is 0 Å². The van der Waals surface area contributed by atoms with E-state index in [0.717, 1.165) is 67.7 Å². The van der Waals surface area contributed by atoms with Crippen molar-refractivity contribution in [3.05, 3.63) is 207 Å². The fourth-order valence-corrected chi connectivity index (χ4v) is 7.81. The molecule has 0 atom stereocenters. The third-order valence-electron chi connectivity index (χ3n) is 10.5. The summed E-state index contributed by atoms with van der Waals surface area (Å²) in [4.78, 5) is 21.6. The number of rotatable bonds is 6. The Morgan fingerprint density at radius 1 is 0.474 bits per heavy atom. The van der Waals surface area contributed by atoms with Crippen LogP contribution in [0.5, 0.6) is 0 Å². The number of fused-ring (bicyclic) bond motifs is 4. The first kappa shape index (κ1) is 33.8. The van der Waals surface area contributed by atoms with Gasteiger partial charge in [0, 0.05) is 46.5 Å². The Hall–Kier alpha value is -7.70. The number of hydrogen-bond acceptors (Lipinski definition) is 5. The fraction of sp³-hybridized carbons (Fsp3) is 0.0196. The van der Waals surface area contributed by atoms with E-state index in [0.29, 0.717) is 12.4 Å². The van der Waals surface area contributed by atoms with E-state index < -0.39 is 0 Å². The predicted octanol–water partition coefficient (Wildman–Crippen LogP) is 12.3. The van der Waals surface area contributed by atoms with Gasteiger partial charge in [-0.3, -0.25) is 9.97 Å². The summed E-state index contributed by atoms with van der Waals surface area (Å²) in [6.45, 7) is 5.25. The van der Waals surface area contributed by atoms with Gasteiger partial charge < -0.3 is 9.47 Å². The SMILES string of the molecule is C=C1/C=C\C=C/CN(c2ccccc2-n2c3ccccc3c3ccccc32)c2ccc(-c3cccc(-c4nc(-c5ccccn5)cc(-c5ccccn5)n4)c3)cc21. The first-order chi connectivity index (χ1) is 28.2. The molecular formula is C51H36N6. The van der Waals surface area contributed by atoms with Crippen LogP contribution in [0.4, 0.5) is 11.4 Å². The van der Waals surface area contributed by atoms with Gasteiger partial charge in [-0.15, -0.1) is 0 Å². The van der Waals surface area contributed by atoms with Crippen molar-refractivity contribution in [1.82, 2.24) is 24.5 Å². The average molecular weight is 733 g/mol. The zero-order chi connectivity index (χ0) is 38.1. The number of allylic oxidation sites excluding steroid dienone is 4. The van der Waals surface area contributed by atoms with Crippen LogP contribution in [0.25, 0.3) is 78.4 Å². The molecular weight excluding hydrogens is 697 g/mol. The highest BCUT2D eigenvalue weighted by Crippen LogP contribution is 2.41. The number of aromatic nitrogens is 5. The van der Waals surface area contributed by atoms with Crippen molar-refractivity contribution in [3.63, 3.8) is 0 Å². The van der Waals surface area contributed by atoms with E-state index in [2.05, 4.69) is 166 Å². The molecule has 5 heterocycles. The Labute approximate surface area is 331 Å². The van der Waals surface area contributed by atoms with Gasteiger partial charge in [-0.1, -0.05) is 116 Å². The maximum atomic E-state index is 5.02. The maximum Gasteiger partial charge on any atom is 0.160 e. The first-order valence-corrected chi connectivity index (χ1v) is 19.0. The van der Waals surface area contributed by atoms with Crippen LogP contribution >= 0.6 is 0 Å². The number of benzene rings is 5. The lowest BCUT2D eigenvalue weighted by Gasteiger charge is -2.29. The van der Waals surface area contributed by atoms with E-state index in [1.165, 1.54) is 21.8 Å². The molecule has 270 valence electrons.